The zero-order chi connectivity index (χ0) is 29.9. The summed E-state index contributed by atoms with van der Waals surface area (Å²) in [5.41, 5.74) is 0. The Morgan fingerprint density at radius 3 is 1.15 bits per heavy atom. The summed E-state index contributed by atoms with van der Waals surface area (Å²) in [6.07, 6.45) is 20.2. The van der Waals surface area contributed by atoms with Gasteiger partial charge < -0.3 is 10.6 Å². The molecule has 0 radical (unpaired) electrons. The molecule has 9 nitrogen and oxygen atoms in total. The van der Waals surface area contributed by atoms with Crippen molar-refractivity contribution < 1.29 is 33.1 Å². The Kier molecular flexibility index (Phi) is 26.2. The second-order valence-electron chi connectivity index (χ2n) is 10.8. The first-order valence-electron chi connectivity index (χ1n) is 16.2. The largest absolute Gasteiger partial charge is 0.505 e. The highest BCUT2D eigenvalue weighted by Crippen LogP contribution is 2.50. The molecule has 0 aromatic rings. The van der Waals surface area contributed by atoms with Gasteiger partial charge >= 0.3 is 7.82 Å². The summed E-state index contributed by atoms with van der Waals surface area (Å²) in [5, 5.41) is 14.6. The molecule has 0 aliphatic heterocycles. The topological polar surface area (TPSA) is 123 Å². The minimum atomic E-state index is -4.44. The van der Waals surface area contributed by atoms with Gasteiger partial charge in [0.2, 0.25) is 11.8 Å². The molecular formula is C30H61N2O7P. The molecule has 0 aliphatic carbocycles. The third-order valence-electron chi connectivity index (χ3n) is 7.01. The van der Waals surface area contributed by atoms with Gasteiger partial charge in [0.05, 0.1) is 0 Å². The predicted molar refractivity (Wildman–Crippen MR) is 162 cm³/mol. The molecule has 2 amide bonds. The Morgan fingerprint density at radius 2 is 0.875 bits per heavy atom. The molecule has 0 spiro atoms. The smallest absolute Gasteiger partial charge is 0.330 e. The van der Waals surface area contributed by atoms with Crippen LogP contribution in [0, 0.1) is 0 Å². The van der Waals surface area contributed by atoms with Crippen LogP contribution in [-0.4, -0.2) is 29.5 Å². The highest BCUT2D eigenvalue weighted by Gasteiger charge is 2.35. The van der Waals surface area contributed by atoms with Gasteiger partial charge in [0, 0.05) is 12.8 Å². The van der Waals surface area contributed by atoms with E-state index in [4.69, 9.17) is 9.05 Å². The molecule has 10 heteroatoms. The van der Waals surface area contributed by atoms with E-state index in [1.165, 1.54) is 77.0 Å². The number of phosphoric ester groups is 1. The molecule has 0 bridgehead atoms. The predicted octanol–water partition coefficient (Wildman–Crippen LogP) is 9.16. The van der Waals surface area contributed by atoms with Gasteiger partial charge in [-0.1, -0.05) is 130 Å². The number of carbonyl (C=O) groups excluding carboxylic acids is 2. The number of hydrogen-bond donors (Lipinski definition) is 3. The molecule has 40 heavy (non-hydrogen) atoms. The average molecular weight is 593 g/mol. The number of nitrogens with one attached hydrogen (secondary N) is 2. The van der Waals surface area contributed by atoms with E-state index in [9.17, 15) is 19.4 Å². The highest BCUT2D eigenvalue weighted by molar-refractivity contribution is 7.48. The van der Waals surface area contributed by atoms with Gasteiger partial charge in [-0.15, -0.1) is 4.67 Å². The van der Waals surface area contributed by atoms with Crippen LogP contribution in [0.5, 0.6) is 0 Å². The van der Waals surface area contributed by atoms with E-state index in [-0.39, 0.29) is 11.8 Å². The van der Waals surface area contributed by atoms with E-state index in [2.05, 4.69) is 29.2 Å². The number of hydrogen-bond acceptors (Lipinski definition) is 7. The van der Waals surface area contributed by atoms with Gasteiger partial charge in [0.1, 0.15) is 12.5 Å². The second kappa shape index (κ2) is 26.9. The van der Waals surface area contributed by atoms with E-state index >= 15 is 0 Å². The normalized spacial score (nSPS) is 14.4. The minimum Gasteiger partial charge on any atom is -0.330 e. The summed E-state index contributed by atoms with van der Waals surface area (Å²) >= 11 is 0. The van der Waals surface area contributed by atoms with Crippen molar-refractivity contribution in [1.29, 1.82) is 0 Å². The molecule has 0 aromatic heterocycles. The average Bonchev–Trinajstić information content (AvgIpc) is 2.94. The van der Waals surface area contributed by atoms with Crippen molar-refractivity contribution >= 4 is 19.6 Å². The van der Waals surface area contributed by atoms with Crippen molar-refractivity contribution in [3.8, 4) is 0 Å². The zero-order valence-corrected chi connectivity index (χ0v) is 26.9. The summed E-state index contributed by atoms with van der Waals surface area (Å²) in [5.74, 6) is -0.443. The number of amides is 2. The number of rotatable bonds is 29. The molecular weight excluding hydrogens is 531 g/mol. The fourth-order valence-electron chi connectivity index (χ4n) is 4.48. The summed E-state index contributed by atoms with van der Waals surface area (Å²) in [6.45, 7) is 7.91. The fraction of sp³-hybridized carbons (Fsp3) is 0.933. The van der Waals surface area contributed by atoms with Gasteiger partial charge in [0.15, 0.2) is 0 Å². The summed E-state index contributed by atoms with van der Waals surface area (Å²) in [6, 6.07) is 0. The Balaban J connectivity index is 4.32. The molecule has 0 fully saturated rings. The van der Waals surface area contributed by atoms with Crippen LogP contribution in [0.2, 0.25) is 0 Å². The molecule has 0 aliphatic rings. The number of unbranched alkanes of at least 4 members (excludes halogenated alkanes) is 16. The molecule has 238 valence electrons. The monoisotopic (exact) mass is 592 g/mol. The van der Waals surface area contributed by atoms with Gasteiger partial charge in [-0.2, -0.15) is 0 Å². The Labute approximate surface area is 244 Å². The van der Waals surface area contributed by atoms with E-state index in [0.29, 0.717) is 25.7 Å². The molecule has 2 unspecified atom stereocenters. The first-order valence-corrected chi connectivity index (χ1v) is 17.7. The van der Waals surface area contributed by atoms with Crippen molar-refractivity contribution in [3.05, 3.63) is 0 Å². The summed E-state index contributed by atoms with van der Waals surface area (Å²) in [4.78, 5) is 24.7. The maximum Gasteiger partial charge on any atom is 0.505 e. The third-order valence-corrected chi connectivity index (χ3v) is 8.24. The zero-order valence-electron chi connectivity index (χ0n) is 26.1. The van der Waals surface area contributed by atoms with Gasteiger partial charge in [-0.3, -0.25) is 18.6 Å². The van der Waals surface area contributed by atoms with Crippen LogP contribution in [0.1, 0.15) is 169 Å². The van der Waals surface area contributed by atoms with Crippen molar-refractivity contribution in [2.24, 2.45) is 0 Å². The van der Waals surface area contributed by atoms with Crippen molar-refractivity contribution in [1.82, 2.24) is 10.6 Å². The van der Waals surface area contributed by atoms with Crippen LogP contribution in [0.15, 0.2) is 0 Å². The summed E-state index contributed by atoms with van der Waals surface area (Å²) in [7, 11) is -4.44. The quantitative estimate of drug-likeness (QED) is 0.0260. The van der Waals surface area contributed by atoms with Crippen LogP contribution in [0.3, 0.4) is 0 Å². The van der Waals surface area contributed by atoms with Gasteiger partial charge in [-0.05, 0) is 25.7 Å². The Hall–Kier alpha value is -0.990. The standard InChI is InChI=1S/C30H61N2O7P/c1-5-9-11-13-15-17-19-21-23-25-27(33)31-29(7-3)37-40(36,39-35)38-30(8-4)32-28(34)26-24-22-20-18-16-14-12-10-6-2/h29-30,35H,5-26H2,1-4H3,(H,31,33)(H,32,34). The third kappa shape index (κ3) is 22.7. The van der Waals surface area contributed by atoms with Crippen LogP contribution in [0.25, 0.3) is 0 Å². The lowest BCUT2D eigenvalue weighted by Crippen LogP contribution is -2.38. The maximum atomic E-state index is 12.9. The minimum absolute atomic E-state index is 0.222. The van der Waals surface area contributed by atoms with Crippen LogP contribution >= 0.6 is 7.82 Å². The first-order chi connectivity index (χ1) is 19.3. The fourth-order valence-corrected chi connectivity index (χ4v) is 5.63. The number of phosphoric acid groups is 1. The lowest BCUT2D eigenvalue weighted by Gasteiger charge is -2.25. The Morgan fingerprint density at radius 1 is 0.575 bits per heavy atom. The van der Waals surface area contributed by atoms with E-state index in [1.807, 2.05) is 0 Å². The molecule has 0 saturated carbocycles. The van der Waals surface area contributed by atoms with Crippen LogP contribution < -0.4 is 10.6 Å². The highest BCUT2D eigenvalue weighted by atomic mass is 31.2. The van der Waals surface area contributed by atoms with Crippen LogP contribution in [-0.2, 0) is 27.9 Å². The molecule has 0 aromatic carbocycles. The second-order valence-corrected chi connectivity index (χ2v) is 12.3. The van der Waals surface area contributed by atoms with E-state index in [0.717, 1.165) is 38.5 Å². The number of carbonyl (C=O) groups is 2. The first kappa shape index (κ1) is 39.0. The van der Waals surface area contributed by atoms with E-state index in [1.54, 1.807) is 13.8 Å². The molecule has 0 rings (SSSR count). The SMILES string of the molecule is CCCCCCCCCCCC(=O)NC(CC)OP(=O)(OO)OC(CC)NC(=O)CCCCCCCCCCC. The Bertz CT molecular complexity index is 616. The van der Waals surface area contributed by atoms with Crippen LogP contribution in [0.4, 0.5) is 0 Å². The lowest BCUT2D eigenvalue weighted by atomic mass is 10.1. The molecule has 0 heterocycles. The molecule has 2 atom stereocenters. The maximum absolute atomic E-state index is 12.9. The van der Waals surface area contributed by atoms with Crippen molar-refractivity contribution in [2.45, 2.75) is 181 Å². The van der Waals surface area contributed by atoms with Gasteiger partial charge in [-0.25, -0.2) is 9.82 Å². The van der Waals surface area contributed by atoms with Crippen molar-refractivity contribution in [3.63, 3.8) is 0 Å². The van der Waals surface area contributed by atoms with Gasteiger partial charge in [0.25, 0.3) is 0 Å². The summed E-state index contributed by atoms with van der Waals surface area (Å²) < 4.78 is 27.7. The van der Waals surface area contributed by atoms with Crippen molar-refractivity contribution in [2.75, 3.05) is 0 Å². The lowest BCUT2D eigenvalue weighted by molar-refractivity contribution is -0.176. The van der Waals surface area contributed by atoms with E-state index < -0.39 is 20.3 Å². The molecule has 3 N–H and O–H groups in total. The molecule has 0 saturated heterocycles.